The van der Waals surface area contributed by atoms with Crippen molar-refractivity contribution in [2.45, 2.75) is 38.0 Å². The summed E-state index contributed by atoms with van der Waals surface area (Å²) in [6.07, 6.45) is -1.55. The molecule has 0 aromatic carbocycles. The molecule has 0 amide bonds. The Kier molecular flexibility index (Phi) is 4.32. The summed E-state index contributed by atoms with van der Waals surface area (Å²) in [7, 11) is 0. The normalized spacial score (nSPS) is 26.8. The Bertz CT molecular complexity index is 842. The van der Waals surface area contributed by atoms with Gasteiger partial charge in [-0.15, -0.1) is 5.10 Å². The molecule has 2 aromatic rings. The van der Waals surface area contributed by atoms with Crippen molar-refractivity contribution in [3.05, 3.63) is 44.5 Å². The van der Waals surface area contributed by atoms with Crippen LogP contribution in [0.3, 0.4) is 0 Å². The van der Waals surface area contributed by atoms with Gasteiger partial charge in [-0.3, -0.25) is 14.3 Å². The lowest BCUT2D eigenvalue weighted by Gasteiger charge is -2.13. The molecule has 1 aliphatic rings. The van der Waals surface area contributed by atoms with Gasteiger partial charge in [0.15, 0.2) is 6.23 Å². The first-order valence-corrected chi connectivity index (χ1v) is 7.24. The van der Waals surface area contributed by atoms with Gasteiger partial charge in [-0.1, -0.05) is 5.21 Å². The van der Waals surface area contributed by atoms with E-state index in [1.807, 2.05) is 0 Å². The number of hydrogen-bond donors (Lipinski definition) is 4. The predicted molar refractivity (Wildman–Crippen MR) is 78.2 cm³/mol. The zero-order valence-corrected chi connectivity index (χ0v) is 12.7. The zero-order chi connectivity index (χ0) is 17.4. The molecule has 11 nitrogen and oxygen atoms in total. The summed E-state index contributed by atoms with van der Waals surface area (Å²) in [5.41, 5.74) is -0.258. The van der Waals surface area contributed by atoms with Gasteiger partial charge in [-0.2, -0.15) is 0 Å². The first-order chi connectivity index (χ1) is 11.4. The fourth-order valence-electron chi connectivity index (χ4n) is 2.52. The van der Waals surface area contributed by atoms with Crippen LogP contribution in [0.5, 0.6) is 0 Å². The number of aromatic amines is 1. The lowest BCUT2D eigenvalue weighted by atomic mass is 10.1. The molecule has 1 aliphatic heterocycles. The Morgan fingerprint density at radius 3 is 2.71 bits per heavy atom. The quantitative estimate of drug-likeness (QED) is 0.462. The summed E-state index contributed by atoms with van der Waals surface area (Å²) in [4.78, 5) is 25.3. The summed E-state index contributed by atoms with van der Waals surface area (Å²) < 4.78 is 7.81. The number of nitrogens with one attached hydrogen (secondary N) is 1. The standard InChI is InChI=1S/C13H17N5O6/c1-6-2-17(13(23)14-11(6)22)3-7-4-18(16-15-7)12-10(21)9(20)8(5-19)24-12/h2,4,8-10,12,19-21H,3,5H2,1H3,(H,14,22,23)/t8-,9-,10+,12+/m0/s1. The minimum absolute atomic E-state index is 0.0608. The van der Waals surface area contributed by atoms with Crippen molar-refractivity contribution in [2.24, 2.45) is 0 Å². The van der Waals surface area contributed by atoms with Crippen LogP contribution in [0.15, 0.2) is 22.0 Å². The Labute approximate surface area is 134 Å². The van der Waals surface area contributed by atoms with Crippen molar-refractivity contribution < 1.29 is 20.1 Å². The summed E-state index contributed by atoms with van der Waals surface area (Å²) in [5.74, 6) is 0. The van der Waals surface area contributed by atoms with Crippen LogP contribution in [0.4, 0.5) is 0 Å². The van der Waals surface area contributed by atoms with Gasteiger partial charge in [0, 0.05) is 11.8 Å². The highest BCUT2D eigenvalue weighted by Crippen LogP contribution is 2.28. The van der Waals surface area contributed by atoms with Crippen molar-refractivity contribution in [2.75, 3.05) is 6.61 Å². The molecular weight excluding hydrogens is 322 g/mol. The van der Waals surface area contributed by atoms with Crippen molar-refractivity contribution in [1.29, 1.82) is 0 Å². The second-order valence-corrected chi connectivity index (χ2v) is 5.62. The van der Waals surface area contributed by atoms with E-state index < -0.39 is 42.4 Å². The molecular formula is C13H17N5O6. The first-order valence-electron chi connectivity index (χ1n) is 7.24. The second-order valence-electron chi connectivity index (χ2n) is 5.62. The van der Waals surface area contributed by atoms with Crippen molar-refractivity contribution >= 4 is 0 Å². The Morgan fingerprint density at radius 2 is 2.04 bits per heavy atom. The van der Waals surface area contributed by atoms with Gasteiger partial charge >= 0.3 is 5.69 Å². The molecule has 0 radical (unpaired) electrons. The molecule has 0 unspecified atom stereocenters. The lowest BCUT2D eigenvalue weighted by molar-refractivity contribution is -0.0594. The maximum Gasteiger partial charge on any atom is 0.328 e. The van der Waals surface area contributed by atoms with Crippen LogP contribution < -0.4 is 11.2 Å². The van der Waals surface area contributed by atoms with E-state index in [1.54, 1.807) is 6.92 Å². The molecule has 4 atom stereocenters. The molecule has 130 valence electrons. The maximum atomic E-state index is 11.8. The average Bonchev–Trinajstić information content (AvgIpc) is 3.11. The number of aryl methyl sites for hydroxylation is 1. The van der Waals surface area contributed by atoms with Gasteiger partial charge < -0.3 is 20.1 Å². The van der Waals surface area contributed by atoms with Crippen molar-refractivity contribution in [3.63, 3.8) is 0 Å². The molecule has 3 rings (SSSR count). The van der Waals surface area contributed by atoms with Gasteiger partial charge in [-0.25, -0.2) is 9.48 Å². The number of aromatic nitrogens is 5. The predicted octanol–water partition coefficient (Wildman–Crippen LogP) is -2.90. The van der Waals surface area contributed by atoms with Crippen LogP contribution in [0.1, 0.15) is 17.5 Å². The smallest absolute Gasteiger partial charge is 0.328 e. The molecule has 11 heteroatoms. The molecule has 0 saturated carbocycles. The second kappa shape index (κ2) is 6.28. The number of ether oxygens (including phenoxy) is 1. The molecule has 1 fully saturated rings. The van der Waals surface area contributed by atoms with Crippen LogP contribution in [0.25, 0.3) is 0 Å². The SMILES string of the molecule is Cc1cn(Cc2cn([C@@H]3O[C@@H](CO)[C@H](O)[C@H]3O)nn2)c(=O)[nH]c1=O. The van der Waals surface area contributed by atoms with E-state index in [1.165, 1.54) is 21.6 Å². The molecule has 0 bridgehead atoms. The number of rotatable bonds is 4. The Hall–Kier alpha value is -2.34. The highest BCUT2D eigenvalue weighted by atomic mass is 16.6. The van der Waals surface area contributed by atoms with Gasteiger partial charge in [0.25, 0.3) is 5.56 Å². The van der Waals surface area contributed by atoms with Crippen LogP contribution in [-0.4, -0.2) is 64.8 Å². The highest BCUT2D eigenvalue weighted by molar-refractivity contribution is 5.04. The molecule has 0 spiro atoms. The minimum Gasteiger partial charge on any atom is -0.394 e. The largest absolute Gasteiger partial charge is 0.394 e. The number of aliphatic hydroxyl groups excluding tert-OH is 3. The lowest BCUT2D eigenvalue weighted by Crippen LogP contribution is -2.33. The molecule has 4 N–H and O–H groups in total. The Morgan fingerprint density at radius 1 is 1.29 bits per heavy atom. The van der Waals surface area contributed by atoms with Crippen LogP contribution in [0, 0.1) is 6.92 Å². The van der Waals surface area contributed by atoms with Crippen molar-refractivity contribution in [3.8, 4) is 0 Å². The van der Waals surface area contributed by atoms with Gasteiger partial charge in [0.05, 0.1) is 19.3 Å². The van der Waals surface area contributed by atoms with E-state index in [2.05, 4.69) is 15.3 Å². The first kappa shape index (κ1) is 16.5. The molecule has 24 heavy (non-hydrogen) atoms. The Balaban J connectivity index is 1.81. The summed E-state index contributed by atoms with van der Waals surface area (Å²) in [5, 5.41) is 36.5. The fraction of sp³-hybridized carbons (Fsp3) is 0.538. The average molecular weight is 339 g/mol. The highest BCUT2D eigenvalue weighted by Gasteiger charge is 2.43. The summed E-state index contributed by atoms with van der Waals surface area (Å²) >= 11 is 0. The van der Waals surface area contributed by atoms with Gasteiger partial charge in [-0.05, 0) is 6.92 Å². The zero-order valence-electron chi connectivity index (χ0n) is 12.7. The number of hydrogen-bond acceptors (Lipinski definition) is 8. The van der Waals surface area contributed by atoms with E-state index in [-0.39, 0.29) is 6.54 Å². The molecule has 2 aromatic heterocycles. The van der Waals surface area contributed by atoms with E-state index >= 15 is 0 Å². The van der Waals surface area contributed by atoms with Crippen molar-refractivity contribution in [1.82, 2.24) is 24.5 Å². The third kappa shape index (κ3) is 2.89. The minimum atomic E-state index is -1.27. The third-order valence-corrected chi connectivity index (χ3v) is 3.86. The third-order valence-electron chi connectivity index (χ3n) is 3.86. The van der Waals surface area contributed by atoms with E-state index in [0.29, 0.717) is 11.3 Å². The van der Waals surface area contributed by atoms with Crippen LogP contribution in [0.2, 0.25) is 0 Å². The van der Waals surface area contributed by atoms with Crippen LogP contribution in [-0.2, 0) is 11.3 Å². The summed E-state index contributed by atoms with van der Waals surface area (Å²) in [6, 6.07) is 0. The monoisotopic (exact) mass is 339 g/mol. The topological polar surface area (TPSA) is 155 Å². The number of aliphatic hydroxyl groups is 3. The van der Waals surface area contributed by atoms with Crippen LogP contribution >= 0.6 is 0 Å². The van der Waals surface area contributed by atoms with E-state index in [4.69, 9.17) is 9.84 Å². The number of nitrogens with zero attached hydrogens (tertiary/aromatic N) is 4. The van der Waals surface area contributed by atoms with E-state index in [0.717, 1.165) is 0 Å². The maximum absolute atomic E-state index is 11.8. The molecule has 1 saturated heterocycles. The van der Waals surface area contributed by atoms with Gasteiger partial charge in [0.2, 0.25) is 0 Å². The molecule has 3 heterocycles. The fourth-order valence-corrected chi connectivity index (χ4v) is 2.52. The molecule has 0 aliphatic carbocycles. The summed E-state index contributed by atoms with van der Waals surface area (Å²) in [6.45, 7) is 1.19. The van der Waals surface area contributed by atoms with Gasteiger partial charge in [0.1, 0.15) is 24.0 Å². The van der Waals surface area contributed by atoms with E-state index in [9.17, 15) is 19.8 Å². The number of H-pyrrole nitrogens is 1.